The number of nitrogens with one attached hydrogen (secondary N) is 2. The molecule has 0 spiro atoms. The summed E-state index contributed by atoms with van der Waals surface area (Å²) in [7, 11) is 0. The maximum atomic E-state index is 10.7. The lowest BCUT2D eigenvalue weighted by atomic mass is 10.1. The first-order chi connectivity index (χ1) is 8.58. The van der Waals surface area contributed by atoms with Crippen LogP contribution in [0.1, 0.15) is 18.5 Å². The van der Waals surface area contributed by atoms with Gasteiger partial charge in [-0.2, -0.15) is 0 Å². The number of aromatic amines is 1. The first kappa shape index (κ1) is 12.4. The summed E-state index contributed by atoms with van der Waals surface area (Å²) >= 11 is 5.80. The number of H-pyrrole nitrogens is 1. The molecule has 0 saturated heterocycles. The topological polar surface area (TPSA) is 83.8 Å². The van der Waals surface area contributed by atoms with Crippen LogP contribution in [0.5, 0.6) is 0 Å². The van der Waals surface area contributed by atoms with Crippen LogP contribution in [0.4, 0.5) is 11.5 Å². The van der Waals surface area contributed by atoms with E-state index < -0.39 is 4.92 Å². The van der Waals surface area contributed by atoms with Crippen molar-refractivity contribution in [2.75, 3.05) is 5.32 Å². The average Bonchev–Trinajstić information content (AvgIpc) is 2.78. The molecule has 1 aromatic heterocycles. The zero-order valence-corrected chi connectivity index (χ0v) is 10.3. The lowest BCUT2D eigenvalue weighted by Crippen LogP contribution is -2.07. The van der Waals surface area contributed by atoms with Crippen LogP contribution in [0.3, 0.4) is 0 Å². The quantitative estimate of drug-likeness (QED) is 0.658. The fourth-order valence-electron chi connectivity index (χ4n) is 1.59. The largest absolute Gasteiger partial charge is 0.370 e. The summed E-state index contributed by atoms with van der Waals surface area (Å²) in [5.41, 5.74) is 1.34. The summed E-state index contributed by atoms with van der Waals surface area (Å²) in [5, 5.41) is 20.4. The van der Waals surface area contributed by atoms with Crippen LogP contribution in [0.25, 0.3) is 0 Å². The van der Waals surface area contributed by atoms with Crippen LogP contribution in [-0.2, 0) is 0 Å². The van der Waals surface area contributed by atoms with Crippen LogP contribution in [0.15, 0.2) is 30.5 Å². The molecule has 94 valence electrons. The van der Waals surface area contributed by atoms with E-state index in [-0.39, 0.29) is 11.9 Å². The molecular formula is C11H11ClN4O2. The van der Waals surface area contributed by atoms with Crippen molar-refractivity contribution >= 4 is 23.1 Å². The highest BCUT2D eigenvalue weighted by atomic mass is 35.5. The van der Waals surface area contributed by atoms with E-state index in [1.807, 2.05) is 19.1 Å². The highest BCUT2D eigenvalue weighted by Crippen LogP contribution is 2.25. The monoisotopic (exact) mass is 266 g/mol. The van der Waals surface area contributed by atoms with Gasteiger partial charge in [-0.3, -0.25) is 0 Å². The minimum atomic E-state index is -0.510. The molecule has 0 aliphatic rings. The highest BCUT2D eigenvalue weighted by Gasteiger charge is 2.17. The van der Waals surface area contributed by atoms with Crippen LogP contribution >= 0.6 is 11.6 Å². The van der Waals surface area contributed by atoms with Gasteiger partial charge < -0.3 is 15.4 Å². The molecule has 0 aliphatic carbocycles. The lowest BCUT2D eigenvalue weighted by Gasteiger charge is -2.13. The van der Waals surface area contributed by atoms with Crippen molar-refractivity contribution in [3.05, 3.63) is 51.2 Å². The first-order valence-electron chi connectivity index (χ1n) is 5.27. The molecule has 6 nitrogen and oxygen atoms in total. The van der Waals surface area contributed by atoms with E-state index in [1.54, 1.807) is 12.1 Å². The van der Waals surface area contributed by atoms with Crippen molar-refractivity contribution < 1.29 is 4.92 Å². The van der Waals surface area contributed by atoms with Gasteiger partial charge in [0.2, 0.25) is 0 Å². The standard InChI is InChI=1S/C11H11ClN4O2/c1-7(8-2-4-9(12)5-3-8)14-10-6-13-15-11(10)16(17)18/h2-7,14H,1H3,(H,13,15). The van der Waals surface area contributed by atoms with Gasteiger partial charge in [0, 0.05) is 11.1 Å². The molecule has 1 aromatic carbocycles. The molecule has 0 bridgehead atoms. The molecule has 0 aliphatic heterocycles. The second kappa shape index (κ2) is 5.05. The predicted molar refractivity (Wildman–Crippen MR) is 68.7 cm³/mol. The molecular weight excluding hydrogens is 256 g/mol. The second-order valence-corrected chi connectivity index (χ2v) is 4.24. The summed E-state index contributed by atoms with van der Waals surface area (Å²) in [5.74, 6) is -0.143. The van der Waals surface area contributed by atoms with Gasteiger partial charge in [0.1, 0.15) is 6.20 Å². The maximum absolute atomic E-state index is 10.7. The third-order valence-electron chi connectivity index (χ3n) is 2.54. The lowest BCUT2D eigenvalue weighted by molar-refractivity contribution is -0.388. The molecule has 2 aromatic rings. The third-order valence-corrected chi connectivity index (χ3v) is 2.80. The summed E-state index contributed by atoms with van der Waals surface area (Å²) in [4.78, 5) is 10.2. The van der Waals surface area contributed by atoms with Crippen molar-refractivity contribution in [2.45, 2.75) is 13.0 Å². The summed E-state index contributed by atoms with van der Waals surface area (Å²) < 4.78 is 0. The molecule has 1 heterocycles. The zero-order chi connectivity index (χ0) is 13.1. The second-order valence-electron chi connectivity index (χ2n) is 3.81. The molecule has 2 rings (SSSR count). The van der Waals surface area contributed by atoms with E-state index in [1.165, 1.54) is 6.20 Å². The Balaban J connectivity index is 2.16. The maximum Gasteiger partial charge on any atom is 0.366 e. The Hall–Kier alpha value is -2.08. The average molecular weight is 267 g/mol. The summed E-state index contributed by atoms with van der Waals surface area (Å²) in [6.07, 6.45) is 1.39. The van der Waals surface area contributed by atoms with Crippen molar-refractivity contribution in [3.63, 3.8) is 0 Å². The molecule has 0 fully saturated rings. The van der Waals surface area contributed by atoms with Crippen molar-refractivity contribution in [1.29, 1.82) is 0 Å². The Kier molecular flexibility index (Phi) is 3.47. The number of nitro groups is 1. The van der Waals surface area contributed by atoms with Crippen LogP contribution in [0, 0.1) is 10.1 Å². The molecule has 0 saturated carbocycles. The Bertz CT molecular complexity index is 552. The molecule has 2 N–H and O–H groups in total. The number of hydrogen-bond acceptors (Lipinski definition) is 4. The normalized spacial score (nSPS) is 12.1. The number of benzene rings is 1. The smallest absolute Gasteiger partial charge is 0.366 e. The number of aromatic nitrogens is 2. The minimum Gasteiger partial charge on any atom is -0.370 e. The van der Waals surface area contributed by atoms with Gasteiger partial charge in [-0.25, -0.2) is 0 Å². The fraction of sp³-hybridized carbons (Fsp3) is 0.182. The number of nitrogens with zero attached hydrogens (tertiary/aromatic N) is 2. The minimum absolute atomic E-state index is 0.0847. The number of rotatable bonds is 4. The van der Waals surface area contributed by atoms with E-state index in [2.05, 4.69) is 15.5 Å². The molecule has 18 heavy (non-hydrogen) atoms. The summed E-state index contributed by atoms with van der Waals surface area (Å²) in [6, 6.07) is 7.20. The molecule has 0 amide bonds. The molecule has 7 heteroatoms. The molecule has 1 atom stereocenters. The highest BCUT2D eigenvalue weighted by molar-refractivity contribution is 6.30. The van der Waals surface area contributed by atoms with Gasteiger partial charge >= 0.3 is 5.82 Å². The van der Waals surface area contributed by atoms with E-state index in [0.29, 0.717) is 10.7 Å². The van der Waals surface area contributed by atoms with Crippen LogP contribution < -0.4 is 5.32 Å². The van der Waals surface area contributed by atoms with E-state index in [0.717, 1.165) is 5.56 Å². The van der Waals surface area contributed by atoms with E-state index in [9.17, 15) is 10.1 Å². The SMILES string of the molecule is CC(Nc1cn[nH]c1[N+](=O)[O-])c1ccc(Cl)cc1. The molecule has 0 radical (unpaired) electrons. The summed E-state index contributed by atoms with van der Waals surface area (Å²) in [6.45, 7) is 1.90. The van der Waals surface area contributed by atoms with Gasteiger partial charge in [-0.15, -0.1) is 5.10 Å². The van der Waals surface area contributed by atoms with Crippen molar-refractivity contribution in [1.82, 2.24) is 10.2 Å². The van der Waals surface area contributed by atoms with Crippen LogP contribution in [0.2, 0.25) is 5.02 Å². The van der Waals surface area contributed by atoms with Gasteiger partial charge in [0.25, 0.3) is 0 Å². The van der Waals surface area contributed by atoms with Crippen molar-refractivity contribution in [2.24, 2.45) is 0 Å². The Morgan fingerprint density at radius 2 is 2.11 bits per heavy atom. The predicted octanol–water partition coefficient (Wildman–Crippen LogP) is 3.14. The Morgan fingerprint density at radius 1 is 1.44 bits per heavy atom. The first-order valence-corrected chi connectivity index (χ1v) is 5.65. The molecule has 1 unspecified atom stereocenters. The van der Waals surface area contributed by atoms with Crippen molar-refractivity contribution in [3.8, 4) is 0 Å². The van der Waals surface area contributed by atoms with E-state index >= 15 is 0 Å². The van der Waals surface area contributed by atoms with Gasteiger partial charge in [0.05, 0.1) is 0 Å². The zero-order valence-electron chi connectivity index (χ0n) is 9.55. The fourth-order valence-corrected chi connectivity index (χ4v) is 1.72. The number of halogens is 1. The van der Waals surface area contributed by atoms with Gasteiger partial charge in [0.15, 0.2) is 5.69 Å². The van der Waals surface area contributed by atoms with Gasteiger partial charge in [-0.1, -0.05) is 28.8 Å². The number of hydrogen-bond donors (Lipinski definition) is 2. The Morgan fingerprint density at radius 3 is 2.72 bits per heavy atom. The van der Waals surface area contributed by atoms with Gasteiger partial charge in [-0.05, 0) is 29.5 Å². The van der Waals surface area contributed by atoms with E-state index in [4.69, 9.17) is 11.6 Å². The third kappa shape index (κ3) is 2.60. The Labute approximate surface area is 108 Å². The number of anilines is 1. The van der Waals surface area contributed by atoms with Crippen LogP contribution in [-0.4, -0.2) is 15.1 Å².